The first-order valence-corrected chi connectivity index (χ1v) is 5.35. The fraction of sp³-hybridized carbons (Fsp3) is 0.556. The van der Waals surface area contributed by atoms with E-state index in [1.165, 1.54) is 0 Å². The molecule has 6 heteroatoms. The fourth-order valence-corrected chi connectivity index (χ4v) is 1.66. The average Bonchev–Trinajstić information content (AvgIpc) is 2.29. The largest absolute Gasteiger partial charge is 0.378 e. The number of nitrogens with zero attached hydrogens (tertiary/aromatic N) is 3. The number of nitrogen functional groups attached to an aromatic ring is 1. The highest BCUT2D eigenvalue weighted by molar-refractivity contribution is 6.16. The number of morpholine rings is 1. The summed E-state index contributed by atoms with van der Waals surface area (Å²) in [5.41, 5.74) is 6.36. The third-order valence-electron chi connectivity index (χ3n) is 2.25. The highest BCUT2D eigenvalue weighted by Crippen LogP contribution is 2.16. The van der Waals surface area contributed by atoms with Crippen molar-refractivity contribution >= 4 is 23.4 Å². The molecule has 0 saturated carbocycles. The van der Waals surface area contributed by atoms with Gasteiger partial charge in [0.15, 0.2) is 0 Å². The second kappa shape index (κ2) is 4.63. The summed E-state index contributed by atoms with van der Waals surface area (Å²) >= 11 is 5.72. The van der Waals surface area contributed by atoms with E-state index in [0.717, 1.165) is 37.8 Å². The minimum absolute atomic E-state index is 0.273. The van der Waals surface area contributed by atoms with Crippen LogP contribution in [0.3, 0.4) is 0 Å². The van der Waals surface area contributed by atoms with Crippen molar-refractivity contribution in [2.75, 3.05) is 36.9 Å². The number of hydrogen-bond donors (Lipinski definition) is 1. The third-order valence-corrected chi connectivity index (χ3v) is 2.53. The maximum Gasteiger partial charge on any atom is 0.222 e. The topological polar surface area (TPSA) is 64.3 Å². The van der Waals surface area contributed by atoms with E-state index in [2.05, 4.69) is 14.9 Å². The van der Waals surface area contributed by atoms with Crippen molar-refractivity contribution in [1.29, 1.82) is 0 Å². The second-order valence-electron chi connectivity index (χ2n) is 3.31. The van der Waals surface area contributed by atoms with E-state index in [-0.39, 0.29) is 5.95 Å². The lowest BCUT2D eigenvalue weighted by Gasteiger charge is -2.27. The van der Waals surface area contributed by atoms with Crippen molar-refractivity contribution in [3.8, 4) is 0 Å². The van der Waals surface area contributed by atoms with E-state index in [1.54, 1.807) is 0 Å². The van der Waals surface area contributed by atoms with Crippen molar-refractivity contribution in [3.63, 3.8) is 0 Å². The highest BCUT2D eigenvalue weighted by Gasteiger charge is 2.13. The Labute approximate surface area is 93.2 Å². The minimum atomic E-state index is 0.273. The molecule has 0 aliphatic carbocycles. The van der Waals surface area contributed by atoms with Crippen molar-refractivity contribution in [3.05, 3.63) is 11.8 Å². The standard InChI is InChI=1S/C9H13ClN4O/c10-6-7-5-8(13-9(11)12-7)14-1-3-15-4-2-14/h5H,1-4,6H2,(H2,11,12,13). The van der Waals surface area contributed by atoms with Crippen LogP contribution in [-0.4, -0.2) is 36.3 Å². The highest BCUT2D eigenvalue weighted by atomic mass is 35.5. The Kier molecular flexibility index (Phi) is 3.23. The SMILES string of the molecule is Nc1nc(CCl)cc(N2CCOCC2)n1. The molecule has 2 rings (SSSR count). The molecule has 5 nitrogen and oxygen atoms in total. The van der Waals surface area contributed by atoms with E-state index in [4.69, 9.17) is 22.1 Å². The molecule has 1 aliphatic rings. The molecule has 0 unspecified atom stereocenters. The number of anilines is 2. The molecule has 0 bridgehead atoms. The third kappa shape index (κ3) is 2.49. The van der Waals surface area contributed by atoms with E-state index in [0.29, 0.717) is 5.88 Å². The zero-order valence-corrected chi connectivity index (χ0v) is 9.07. The lowest BCUT2D eigenvalue weighted by Crippen LogP contribution is -2.37. The van der Waals surface area contributed by atoms with Gasteiger partial charge in [0.05, 0.1) is 24.8 Å². The van der Waals surface area contributed by atoms with Crippen LogP contribution in [0.1, 0.15) is 5.69 Å². The molecule has 0 atom stereocenters. The quantitative estimate of drug-likeness (QED) is 0.753. The molecule has 1 aromatic heterocycles. The summed E-state index contributed by atoms with van der Waals surface area (Å²) in [5.74, 6) is 1.46. The van der Waals surface area contributed by atoms with E-state index < -0.39 is 0 Å². The first kappa shape index (κ1) is 10.4. The maximum absolute atomic E-state index is 5.72. The Balaban J connectivity index is 2.22. The summed E-state index contributed by atoms with van der Waals surface area (Å²) in [5, 5.41) is 0. The van der Waals surface area contributed by atoms with Gasteiger partial charge < -0.3 is 15.4 Å². The van der Waals surface area contributed by atoms with Gasteiger partial charge in [0.2, 0.25) is 5.95 Å². The molecule has 2 N–H and O–H groups in total. The van der Waals surface area contributed by atoms with Crippen LogP contribution in [0.2, 0.25) is 0 Å². The van der Waals surface area contributed by atoms with Crippen LogP contribution >= 0.6 is 11.6 Å². The van der Waals surface area contributed by atoms with Crippen LogP contribution in [0.5, 0.6) is 0 Å². The normalized spacial score (nSPS) is 16.7. The Morgan fingerprint density at radius 1 is 1.40 bits per heavy atom. The Morgan fingerprint density at radius 3 is 2.80 bits per heavy atom. The van der Waals surface area contributed by atoms with E-state index >= 15 is 0 Å². The summed E-state index contributed by atoms with van der Waals surface area (Å²) in [6, 6.07) is 1.87. The molecule has 0 amide bonds. The summed E-state index contributed by atoms with van der Waals surface area (Å²) < 4.78 is 5.27. The van der Waals surface area contributed by atoms with Crippen molar-refractivity contribution in [2.45, 2.75) is 5.88 Å². The van der Waals surface area contributed by atoms with Crippen LogP contribution in [0.15, 0.2) is 6.07 Å². The van der Waals surface area contributed by atoms with Gasteiger partial charge in [-0.15, -0.1) is 11.6 Å². The van der Waals surface area contributed by atoms with E-state index in [9.17, 15) is 0 Å². The summed E-state index contributed by atoms with van der Waals surface area (Å²) in [6.07, 6.45) is 0. The zero-order chi connectivity index (χ0) is 10.7. The molecule has 1 aliphatic heterocycles. The van der Waals surface area contributed by atoms with Crippen LogP contribution in [0.4, 0.5) is 11.8 Å². The monoisotopic (exact) mass is 228 g/mol. The number of hydrogen-bond acceptors (Lipinski definition) is 5. The number of halogens is 1. The maximum atomic E-state index is 5.72. The second-order valence-corrected chi connectivity index (χ2v) is 3.58. The van der Waals surface area contributed by atoms with Gasteiger partial charge in [-0.2, -0.15) is 4.98 Å². The molecule has 1 fully saturated rings. The molecule has 1 aromatic rings. The summed E-state index contributed by atoms with van der Waals surface area (Å²) in [6.45, 7) is 3.11. The van der Waals surface area contributed by atoms with Gasteiger partial charge in [0.25, 0.3) is 0 Å². The molecule has 82 valence electrons. The molecular weight excluding hydrogens is 216 g/mol. The van der Waals surface area contributed by atoms with Gasteiger partial charge >= 0.3 is 0 Å². The summed E-state index contributed by atoms with van der Waals surface area (Å²) in [4.78, 5) is 10.3. The van der Waals surface area contributed by atoms with Crippen LogP contribution in [0.25, 0.3) is 0 Å². The molecule has 15 heavy (non-hydrogen) atoms. The van der Waals surface area contributed by atoms with Crippen LogP contribution in [0, 0.1) is 0 Å². The molecule has 0 radical (unpaired) electrons. The Hall–Kier alpha value is -1.07. The van der Waals surface area contributed by atoms with Gasteiger partial charge in [-0.05, 0) is 0 Å². The smallest absolute Gasteiger partial charge is 0.222 e. The fourth-order valence-electron chi connectivity index (χ4n) is 1.53. The lowest BCUT2D eigenvalue weighted by atomic mass is 10.3. The van der Waals surface area contributed by atoms with Crippen LogP contribution in [-0.2, 0) is 10.6 Å². The van der Waals surface area contributed by atoms with Crippen LogP contribution < -0.4 is 10.6 Å². The molecule has 0 spiro atoms. The zero-order valence-electron chi connectivity index (χ0n) is 8.32. The van der Waals surface area contributed by atoms with Gasteiger partial charge in [-0.25, -0.2) is 4.98 Å². The van der Waals surface area contributed by atoms with Crippen molar-refractivity contribution in [1.82, 2.24) is 9.97 Å². The van der Waals surface area contributed by atoms with Crippen molar-refractivity contribution in [2.24, 2.45) is 0 Å². The number of alkyl halides is 1. The Morgan fingerprint density at radius 2 is 2.13 bits per heavy atom. The minimum Gasteiger partial charge on any atom is -0.378 e. The molecule has 2 heterocycles. The van der Waals surface area contributed by atoms with Gasteiger partial charge in [-0.3, -0.25) is 0 Å². The van der Waals surface area contributed by atoms with Crippen molar-refractivity contribution < 1.29 is 4.74 Å². The van der Waals surface area contributed by atoms with Gasteiger partial charge in [0.1, 0.15) is 5.82 Å². The first-order valence-electron chi connectivity index (χ1n) is 4.81. The predicted octanol–water partition coefficient (Wildman–Crippen LogP) is 0.634. The first-order chi connectivity index (χ1) is 7.29. The molecule has 0 aromatic carbocycles. The molecular formula is C9H13ClN4O. The Bertz CT molecular complexity index is 341. The summed E-state index contributed by atoms with van der Waals surface area (Å²) in [7, 11) is 0. The predicted molar refractivity (Wildman–Crippen MR) is 59.0 cm³/mol. The van der Waals surface area contributed by atoms with E-state index in [1.807, 2.05) is 6.07 Å². The lowest BCUT2D eigenvalue weighted by molar-refractivity contribution is 0.122. The average molecular weight is 229 g/mol. The number of nitrogens with two attached hydrogens (primary N) is 1. The molecule has 1 saturated heterocycles. The number of aromatic nitrogens is 2. The number of rotatable bonds is 2. The van der Waals surface area contributed by atoms with Gasteiger partial charge in [-0.1, -0.05) is 0 Å². The van der Waals surface area contributed by atoms with Gasteiger partial charge in [0, 0.05) is 19.2 Å². The number of ether oxygens (including phenoxy) is 1.